The Kier molecular flexibility index (Phi) is 5.51. The van der Waals surface area contributed by atoms with Crippen LogP contribution >= 0.6 is 23.2 Å². The van der Waals surface area contributed by atoms with Crippen molar-refractivity contribution in [3.05, 3.63) is 63.9 Å². The maximum atomic E-state index is 12.8. The first-order valence-corrected chi connectivity index (χ1v) is 8.17. The zero-order chi connectivity index (χ0) is 15.4. The standard InChI is InChI=1S/C15H11Cl2FO2S/c16-11-3-6-13(17)15(9-11)21(20)8-7-14(19)10-1-4-12(18)5-2-10/h1-6,9H,7-8H2. The molecule has 0 saturated carbocycles. The largest absolute Gasteiger partial charge is 0.294 e. The third-order valence-corrected chi connectivity index (χ3v) is 4.90. The lowest BCUT2D eigenvalue weighted by Gasteiger charge is -2.05. The molecule has 0 N–H and O–H groups in total. The van der Waals surface area contributed by atoms with Crippen LogP contribution in [-0.2, 0) is 10.8 Å². The molecule has 1 unspecified atom stereocenters. The minimum atomic E-state index is -1.42. The van der Waals surface area contributed by atoms with Crippen LogP contribution in [-0.4, -0.2) is 15.7 Å². The first-order valence-electron chi connectivity index (χ1n) is 6.09. The van der Waals surface area contributed by atoms with Crippen molar-refractivity contribution in [2.75, 3.05) is 5.75 Å². The van der Waals surface area contributed by atoms with Gasteiger partial charge in [-0.05, 0) is 42.5 Å². The Labute approximate surface area is 134 Å². The lowest BCUT2D eigenvalue weighted by molar-refractivity contribution is 0.0989. The highest BCUT2D eigenvalue weighted by Crippen LogP contribution is 2.24. The van der Waals surface area contributed by atoms with Gasteiger partial charge in [-0.1, -0.05) is 23.2 Å². The number of rotatable bonds is 5. The molecule has 0 aliphatic heterocycles. The van der Waals surface area contributed by atoms with E-state index in [0.717, 1.165) is 0 Å². The number of carbonyl (C=O) groups excluding carboxylic acids is 1. The summed E-state index contributed by atoms with van der Waals surface area (Å²) in [5.74, 6) is -0.460. The molecule has 0 spiro atoms. The highest BCUT2D eigenvalue weighted by atomic mass is 35.5. The van der Waals surface area contributed by atoms with E-state index in [2.05, 4.69) is 0 Å². The Balaban J connectivity index is 2.02. The molecule has 0 amide bonds. The van der Waals surface area contributed by atoms with Gasteiger partial charge in [0.05, 0.1) is 20.7 Å². The highest BCUT2D eigenvalue weighted by molar-refractivity contribution is 7.85. The molecule has 0 bridgehead atoms. The van der Waals surface area contributed by atoms with E-state index < -0.39 is 16.6 Å². The summed E-state index contributed by atoms with van der Waals surface area (Å²) in [6.07, 6.45) is 0.0844. The Morgan fingerprint density at radius 3 is 2.43 bits per heavy atom. The SMILES string of the molecule is O=C(CCS(=O)c1cc(Cl)ccc1Cl)c1ccc(F)cc1. The van der Waals surface area contributed by atoms with Gasteiger partial charge in [0.2, 0.25) is 0 Å². The van der Waals surface area contributed by atoms with Gasteiger partial charge in [0, 0.05) is 22.8 Å². The lowest BCUT2D eigenvalue weighted by atomic mass is 10.1. The molecule has 2 aromatic rings. The van der Waals surface area contributed by atoms with Gasteiger partial charge < -0.3 is 0 Å². The quantitative estimate of drug-likeness (QED) is 0.747. The molecule has 0 aliphatic rings. The van der Waals surface area contributed by atoms with Crippen molar-refractivity contribution >= 4 is 39.8 Å². The van der Waals surface area contributed by atoms with E-state index in [1.165, 1.54) is 30.3 Å². The van der Waals surface area contributed by atoms with Gasteiger partial charge in [-0.15, -0.1) is 0 Å². The fraction of sp³-hybridized carbons (Fsp3) is 0.133. The summed E-state index contributed by atoms with van der Waals surface area (Å²) in [5.41, 5.74) is 0.394. The zero-order valence-electron chi connectivity index (χ0n) is 10.8. The van der Waals surface area contributed by atoms with Gasteiger partial charge >= 0.3 is 0 Å². The topological polar surface area (TPSA) is 34.1 Å². The van der Waals surface area contributed by atoms with Crippen LogP contribution in [0.15, 0.2) is 47.4 Å². The van der Waals surface area contributed by atoms with Gasteiger partial charge in [-0.3, -0.25) is 9.00 Å². The van der Waals surface area contributed by atoms with Crippen molar-refractivity contribution < 1.29 is 13.4 Å². The monoisotopic (exact) mass is 344 g/mol. The van der Waals surface area contributed by atoms with Crippen molar-refractivity contribution in [3.63, 3.8) is 0 Å². The van der Waals surface area contributed by atoms with Crippen LogP contribution in [0.3, 0.4) is 0 Å². The highest BCUT2D eigenvalue weighted by Gasteiger charge is 2.13. The van der Waals surface area contributed by atoms with Crippen LogP contribution in [0, 0.1) is 5.82 Å². The van der Waals surface area contributed by atoms with E-state index in [1.807, 2.05) is 0 Å². The summed E-state index contributed by atoms with van der Waals surface area (Å²) in [6, 6.07) is 9.96. The first kappa shape index (κ1) is 16.1. The Morgan fingerprint density at radius 2 is 1.76 bits per heavy atom. The molecule has 0 fully saturated rings. The molecule has 0 aromatic heterocycles. The van der Waals surface area contributed by atoms with E-state index in [-0.39, 0.29) is 18.0 Å². The maximum absolute atomic E-state index is 12.8. The maximum Gasteiger partial charge on any atom is 0.163 e. The molecule has 110 valence electrons. The summed E-state index contributed by atoms with van der Waals surface area (Å²) in [5, 5.41) is 0.791. The number of Topliss-reactive ketones (excluding diaryl/α,β-unsaturated/α-hetero) is 1. The van der Waals surface area contributed by atoms with Crippen LogP contribution in [0.5, 0.6) is 0 Å². The average molecular weight is 345 g/mol. The summed E-state index contributed by atoms with van der Waals surface area (Å²) < 4.78 is 24.9. The first-order chi connectivity index (χ1) is 9.97. The zero-order valence-corrected chi connectivity index (χ0v) is 13.1. The van der Waals surface area contributed by atoms with E-state index in [9.17, 15) is 13.4 Å². The van der Waals surface area contributed by atoms with Gasteiger partial charge in [-0.2, -0.15) is 0 Å². The minimum absolute atomic E-state index is 0.0844. The third-order valence-electron chi connectivity index (χ3n) is 2.82. The summed E-state index contributed by atoms with van der Waals surface area (Å²) in [7, 11) is -1.42. The number of carbonyl (C=O) groups is 1. The molecular weight excluding hydrogens is 334 g/mol. The number of hydrogen-bond donors (Lipinski definition) is 0. The minimum Gasteiger partial charge on any atom is -0.294 e. The predicted octanol–water partition coefficient (Wildman–Crippen LogP) is 4.51. The van der Waals surface area contributed by atoms with Crippen molar-refractivity contribution in [1.82, 2.24) is 0 Å². The Hall–Kier alpha value is -1.23. The van der Waals surface area contributed by atoms with Crippen molar-refractivity contribution in [1.29, 1.82) is 0 Å². The molecule has 2 aromatic carbocycles. The number of benzene rings is 2. The fourth-order valence-corrected chi connectivity index (χ4v) is 3.47. The summed E-state index contributed by atoms with van der Waals surface area (Å²) in [4.78, 5) is 12.3. The summed E-state index contributed by atoms with van der Waals surface area (Å²) >= 11 is 11.8. The van der Waals surface area contributed by atoms with Crippen LogP contribution in [0.1, 0.15) is 16.8 Å². The smallest absolute Gasteiger partial charge is 0.163 e. The second-order valence-corrected chi connectivity index (χ2v) is 6.69. The van der Waals surface area contributed by atoms with Crippen LogP contribution < -0.4 is 0 Å². The van der Waals surface area contributed by atoms with Crippen LogP contribution in [0.25, 0.3) is 0 Å². The Bertz CT molecular complexity index is 687. The molecule has 21 heavy (non-hydrogen) atoms. The van der Waals surface area contributed by atoms with E-state index >= 15 is 0 Å². The molecule has 0 aliphatic carbocycles. The number of halogens is 3. The summed E-state index contributed by atoms with van der Waals surface area (Å²) in [6.45, 7) is 0. The Morgan fingerprint density at radius 1 is 1.10 bits per heavy atom. The van der Waals surface area contributed by atoms with E-state index in [4.69, 9.17) is 23.2 Å². The second-order valence-electron chi connectivity index (χ2n) is 4.30. The second kappa shape index (κ2) is 7.16. The molecule has 2 nitrogen and oxygen atoms in total. The van der Waals surface area contributed by atoms with E-state index in [1.54, 1.807) is 12.1 Å². The molecule has 0 radical (unpaired) electrons. The van der Waals surface area contributed by atoms with Crippen LogP contribution in [0.4, 0.5) is 4.39 Å². The molecule has 1 atom stereocenters. The molecule has 6 heteroatoms. The number of hydrogen-bond acceptors (Lipinski definition) is 2. The average Bonchev–Trinajstić information content (AvgIpc) is 2.47. The van der Waals surface area contributed by atoms with Crippen LogP contribution in [0.2, 0.25) is 10.0 Å². The lowest BCUT2D eigenvalue weighted by Crippen LogP contribution is -2.07. The molecule has 0 saturated heterocycles. The van der Waals surface area contributed by atoms with Gasteiger partial charge in [0.25, 0.3) is 0 Å². The van der Waals surface area contributed by atoms with Gasteiger partial charge in [-0.25, -0.2) is 4.39 Å². The predicted molar refractivity (Wildman–Crippen MR) is 83.1 cm³/mol. The molecular formula is C15H11Cl2FO2S. The molecule has 2 rings (SSSR count). The van der Waals surface area contributed by atoms with Crippen molar-refractivity contribution in [2.45, 2.75) is 11.3 Å². The van der Waals surface area contributed by atoms with Gasteiger partial charge in [0.15, 0.2) is 5.78 Å². The number of ketones is 1. The van der Waals surface area contributed by atoms with E-state index in [0.29, 0.717) is 20.5 Å². The van der Waals surface area contributed by atoms with Gasteiger partial charge in [0.1, 0.15) is 5.82 Å². The third kappa shape index (κ3) is 4.37. The van der Waals surface area contributed by atoms with Crippen molar-refractivity contribution in [2.24, 2.45) is 0 Å². The molecule has 0 heterocycles. The fourth-order valence-electron chi connectivity index (χ4n) is 1.73. The normalized spacial score (nSPS) is 12.1. The van der Waals surface area contributed by atoms with Crippen molar-refractivity contribution in [3.8, 4) is 0 Å².